The molecule has 0 amide bonds. The zero-order chi connectivity index (χ0) is 12.8. The van der Waals surface area contributed by atoms with Crippen LogP contribution in [0.2, 0.25) is 0 Å². The van der Waals surface area contributed by atoms with Gasteiger partial charge in [0.05, 0.1) is 0 Å². The van der Waals surface area contributed by atoms with Crippen molar-refractivity contribution in [3.63, 3.8) is 0 Å². The van der Waals surface area contributed by atoms with Crippen molar-refractivity contribution in [1.82, 2.24) is 0 Å². The van der Waals surface area contributed by atoms with Gasteiger partial charge in [-0.15, -0.1) is 0 Å². The first kappa shape index (κ1) is 19.3. The van der Waals surface area contributed by atoms with Gasteiger partial charge in [-0.2, -0.15) is 0 Å². The van der Waals surface area contributed by atoms with Gasteiger partial charge < -0.3 is 11.6 Å². The van der Waals surface area contributed by atoms with Crippen molar-refractivity contribution in [2.45, 2.75) is 52.9 Å². The first-order chi connectivity index (χ1) is 7.33. The van der Waals surface area contributed by atoms with Crippen LogP contribution in [0.15, 0.2) is 0 Å². The molecule has 0 aliphatic rings. The molecular weight excluding hydrogens is 231 g/mol. The second-order valence-corrected chi connectivity index (χ2v) is 4.91. The fourth-order valence-corrected chi connectivity index (χ4v) is 1.93. The predicted molar refractivity (Wildman–Crippen MR) is 62.4 cm³/mol. The molecular formula is C12H23NaO4. The van der Waals surface area contributed by atoms with E-state index in [9.17, 15) is 9.59 Å². The Hall–Kier alpha value is -0.0600. The summed E-state index contributed by atoms with van der Waals surface area (Å²) in [5, 5.41) is 17.8. The molecule has 0 saturated carbocycles. The molecule has 0 aliphatic carbocycles. The number of aliphatic carboxylic acids is 2. The molecule has 5 heteroatoms. The topological polar surface area (TPSA) is 74.6 Å². The van der Waals surface area contributed by atoms with Gasteiger partial charge in [0, 0.05) is 0 Å². The zero-order valence-electron chi connectivity index (χ0n) is 12.3. The Morgan fingerprint density at radius 1 is 1.12 bits per heavy atom. The Morgan fingerprint density at radius 3 is 1.94 bits per heavy atom. The molecule has 0 bridgehead atoms. The van der Waals surface area contributed by atoms with Crippen molar-refractivity contribution in [2.24, 2.45) is 11.3 Å². The van der Waals surface area contributed by atoms with Gasteiger partial charge >= 0.3 is 41.5 Å². The Balaban J connectivity index is -0.00000112. The number of carboxylic acid groups (broad SMARTS) is 2. The maximum Gasteiger partial charge on any atom is 1.00 e. The van der Waals surface area contributed by atoms with E-state index in [-0.39, 0.29) is 31.0 Å². The Kier molecular flexibility index (Phi) is 10.2. The smallest absolute Gasteiger partial charge is 1.00 e. The molecule has 96 valence electrons. The summed E-state index contributed by atoms with van der Waals surface area (Å²) in [5.74, 6) is -3.80. The summed E-state index contributed by atoms with van der Waals surface area (Å²) in [6.45, 7) is 5.53. The second-order valence-electron chi connectivity index (χ2n) is 4.91. The Labute approximate surface area is 127 Å². The van der Waals surface area contributed by atoms with E-state index >= 15 is 0 Å². The van der Waals surface area contributed by atoms with E-state index in [0.717, 1.165) is 25.7 Å². The predicted octanol–water partition coefficient (Wildman–Crippen LogP) is -0.115. The first-order valence-corrected chi connectivity index (χ1v) is 5.78. The summed E-state index contributed by atoms with van der Waals surface area (Å²) in [6.07, 6.45) is 4.78. The molecule has 0 aromatic heterocycles. The number of unbranched alkanes of at least 4 members (excludes halogenated alkanes) is 3. The molecule has 17 heavy (non-hydrogen) atoms. The summed E-state index contributed by atoms with van der Waals surface area (Å²) in [4.78, 5) is 21.8. The standard InChI is InChI=1S/C12H22O4.Na.H/c1-4-5-6-7-8-12(2,3)9(10(13)14)11(15)16;;/h9H,4-8H2,1-3H3,(H,13,14)(H,15,16);;/q;+1;-1. The van der Waals surface area contributed by atoms with Crippen LogP contribution in [0.4, 0.5) is 0 Å². The third-order valence-electron chi connectivity index (χ3n) is 2.95. The number of carboxylic acids is 2. The van der Waals surface area contributed by atoms with Crippen LogP contribution in [0.25, 0.3) is 0 Å². The molecule has 0 aliphatic heterocycles. The number of hydrogen-bond donors (Lipinski definition) is 2. The van der Waals surface area contributed by atoms with Crippen molar-refractivity contribution in [1.29, 1.82) is 0 Å². The Bertz CT molecular complexity index is 242. The maximum absolute atomic E-state index is 10.9. The van der Waals surface area contributed by atoms with Gasteiger partial charge in [0.25, 0.3) is 0 Å². The normalized spacial score (nSPS) is 11.1. The van der Waals surface area contributed by atoms with Gasteiger partial charge in [0.2, 0.25) is 0 Å². The van der Waals surface area contributed by atoms with E-state index in [2.05, 4.69) is 6.92 Å². The molecule has 0 unspecified atom stereocenters. The van der Waals surface area contributed by atoms with Gasteiger partial charge in [-0.25, -0.2) is 0 Å². The molecule has 0 atom stereocenters. The van der Waals surface area contributed by atoms with E-state index in [1.54, 1.807) is 13.8 Å². The third kappa shape index (κ3) is 7.06. The van der Waals surface area contributed by atoms with Crippen molar-refractivity contribution >= 4 is 11.9 Å². The van der Waals surface area contributed by atoms with Crippen molar-refractivity contribution in [3.8, 4) is 0 Å². The van der Waals surface area contributed by atoms with Crippen molar-refractivity contribution in [2.75, 3.05) is 0 Å². The zero-order valence-corrected chi connectivity index (χ0v) is 13.3. The molecule has 0 heterocycles. The third-order valence-corrected chi connectivity index (χ3v) is 2.95. The average Bonchev–Trinajstić information content (AvgIpc) is 2.10. The van der Waals surface area contributed by atoms with Crippen LogP contribution in [0, 0.1) is 11.3 Å². The summed E-state index contributed by atoms with van der Waals surface area (Å²) in [6, 6.07) is 0. The van der Waals surface area contributed by atoms with Crippen LogP contribution >= 0.6 is 0 Å². The molecule has 0 saturated heterocycles. The molecule has 0 fully saturated rings. The van der Waals surface area contributed by atoms with Gasteiger partial charge in [0.1, 0.15) is 0 Å². The van der Waals surface area contributed by atoms with Gasteiger partial charge in [0.15, 0.2) is 5.92 Å². The molecule has 4 nitrogen and oxygen atoms in total. The SMILES string of the molecule is CCCCCCC(C)(C)C(C(=O)O)C(=O)O.[H-].[Na+]. The van der Waals surface area contributed by atoms with Crippen LogP contribution < -0.4 is 29.6 Å². The van der Waals surface area contributed by atoms with Crippen molar-refractivity contribution in [3.05, 3.63) is 0 Å². The Morgan fingerprint density at radius 2 is 1.59 bits per heavy atom. The molecule has 0 rings (SSSR count). The number of hydrogen-bond acceptors (Lipinski definition) is 2. The van der Waals surface area contributed by atoms with Gasteiger partial charge in [-0.05, 0) is 11.8 Å². The van der Waals surface area contributed by atoms with Gasteiger partial charge in [-0.1, -0.05) is 46.5 Å². The summed E-state index contributed by atoms with van der Waals surface area (Å²) < 4.78 is 0. The first-order valence-electron chi connectivity index (χ1n) is 5.78. The van der Waals surface area contributed by atoms with Crippen LogP contribution in [0.1, 0.15) is 54.3 Å². The summed E-state index contributed by atoms with van der Waals surface area (Å²) in [5.41, 5.74) is -0.689. The molecule has 0 spiro atoms. The van der Waals surface area contributed by atoms with E-state index in [1.807, 2.05) is 0 Å². The number of carbonyl (C=O) groups is 2. The van der Waals surface area contributed by atoms with Crippen LogP contribution in [-0.4, -0.2) is 22.2 Å². The summed E-state index contributed by atoms with van der Waals surface area (Å²) in [7, 11) is 0. The van der Waals surface area contributed by atoms with Gasteiger partial charge in [-0.3, -0.25) is 9.59 Å². The van der Waals surface area contributed by atoms with E-state index < -0.39 is 23.3 Å². The monoisotopic (exact) mass is 254 g/mol. The minimum absolute atomic E-state index is 0. The van der Waals surface area contributed by atoms with E-state index in [0.29, 0.717) is 6.42 Å². The molecule has 0 aromatic carbocycles. The van der Waals surface area contributed by atoms with Crippen LogP contribution in [0.3, 0.4) is 0 Å². The average molecular weight is 254 g/mol. The van der Waals surface area contributed by atoms with Crippen LogP contribution in [0.5, 0.6) is 0 Å². The van der Waals surface area contributed by atoms with Crippen LogP contribution in [-0.2, 0) is 9.59 Å². The van der Waals surface area contributed by atoms with E-state index in [4.69, 9.17) is 10.2 Å². The van der Waals surface area contributed by atoms with E-state index in [1.165, 1.54) is 0 Å². The second kappa shape index (κ2) is 8.95. The molecule has 2 N–H and O–H groups in total. The largest absolute Gasteiger partial charge is 1.00 e. The van der Waals surface area contributed by atoms with Crippen molar-refractivity contribution < 1.29 is 50.8 Å². The minimum Gasteiger partial charge on any atom is -1.00 e. The molecule has 0 aromatic rings. The minimum atomic E-state index is -1.31. The molecule has 0 radical (unpaired) electrons. The number of rotatable bonds is 8. The maximum atomic E-state index is 10.9. The summed E-state index contributed by atoms with van der Waals surface area (Å²) >= 11 is 0. The quantitative estimate of drug-likeness (QED) is 0.360. The fourth-order valence-electron chi connectivity index (χ4n) is 1.93. The fraction of sp³-hybridized carbons (Fsp3) is 0.833.